The van der Waals surface area contributed by atoms with Crippen LogP contribution in [-0.4, -0.2) is 32.4 Å². The highest BCUT2D eigenvalue weighted by Gasteiger charge is 2.22. The number of carbonyl (C=O) groups is 1. The van der Waals surface area contributed by atoms with Crippen LogP contribution in [-0.2, 0) is 4.79 Å². The normalized spacial score (nSPS) is 16.4. The van der Waals surface area contributed by atoms with E-state index in [0.717, 1.165) is 12.8 Å². The van der Waals surface area contributed by atoms with E-state index in [1.54, 1.807) is 18.2 Å². The third-order valence-electron chi connectivity index (χ3n) is 3.95. The Labute approximate surface area is 138 Å². The SMILES string of the molecule is C[C@H](Sc1n[nH]c(-c2ccccc2F)n1)C(=O)NC1CCCC1. The van der Waals surface area contributed by atoms with Crippen molar-refractivity contribution in [3.05, 3.63) is 30.1 Å². The topological polar surface area (TPSA) is 70.7 Å². The number of nitrogens with one attached hydrogen (secondary N) is 2. The van der Waals surface area contributed by atoms with E-state index in [9.17, 15) is 9.18 Å². The molecule has 1 aliphatic carbocycles. The van der Waals surface area contributed by atoms with Crippen LogP contribution in [0, 0.1) is 5.82 Å². The van der Waals surface area contributed by atoms with E-state index in [4.69, 9.17) is 0 Å². The van der Waals surface area contributed by atoms with Crippen LogP contribution in [0.2, 0.25) is 0 Å². The minimum atomic E-state index is -0.354. The van der Waals surface area contributed by atoms with Crippen LogP contribution in [0.25, 0.3) is 11.4 Å². The summed E-state index contributed by atoms with van der Waals surface area (Å²) in [4.78, 5) is 16.4. The predicted octanol–water partition coefficient (Wildman–Crippen LogP) is 3.15. The molecule has 1 heterocycles. The number of nitrogens with zero attached hydrogens (tertiary/aromatic N) is 2. The molecule has 23 heavy (non-hydrogen) atoms. The summed E-state index contributed by atoms with van der Waals surface area (Å²) in [7, 11) is 0. The Morgan fingerprint density at radius 1 is 1.39 bits per heavy atom. The van der Waals surface area contributed by atoms with Crippen molar-refractivity contribution in [1.82, 2.24) is 20.5 Å². The highest BCUT2D eigenvalue weighted by Crippen LogP contribution is 2.25. The number of H-pyrrole nitrogens is 1. The lowest BCUT2D eigenvalue weighted by molar-refractivity contribution is -0.120. The van der Waals surface area contributed by atoms with Gasteiger partial charge in [-0.2, -0.15) is 0 Å². The number of carbonyl (C=O) groups excluding carboxylic acids is 1. The number of aromatic nitrogens is 3. The molecule has 0 saturated heterocycles. The average Bonchev–Trinajstić information content (AvgIpc) is 3.19. The van der Waals surface area contributed by atoms with Crippen LogP contribution in [0.5, 0.6) is 0 Å². The second-order valence-electron chi connectivity index (χ2n) is 5.70. The van der Waals surface area contributed by atoms with Gasteiger partial charge in [-0.15, -0.1) is 5.10 Å². The van der Waals surface area contributed by atoms with Gasteiger partial charge in [-0.1, -0.05) is 36.7 Å². The van der Waals surface area contributed by atoms with Crippen molar-refractivity contribution in [3.63, 3.8) is 0 Å². The first-order chi connectivity index (χ1) is 11.1. The molecule has 0 radical (unpaired) electrons. The maximum atomic E-state index is 13.7. The van der Waals surface area contributed by atoms with Gasteiger partial charge in [0.1, 0.15) is 5.82 Å². The Morgan fingerprint density at radius 3 is 2.87 bits per heavy atom. The summed E-state index contributed by atoms with van der Waals surface area (Å²) in [6, 6.07) is 6.68. The van der Waals surface area contributed by atoms with Gasteiger partial charge < -0.3 is 5.32 Å². The van der Waals surface area contributed by atoms with Crippen LogP contribution in [0.4, 0.5) is 4.39 Å². The zero-order chi connectivity index (χ0) is 16.2. The van der Waals surface area contributed by atoms with Crippen molar-refractivity contribution < 1.29 is 9.18 Å². The summed E-state index contributed by atoms with van der Waals surface area (Å²) in [5.74, 6) is 0.0142. The second kappa shape index (κ2) is 7.12. The van der Waals surface area contributed by atoms with Crippen LogP contribution >= 0.6 is 11.8 Å². The first-order valence-electron chi connectivity index (χ1n) is 7.78. The van der Waals surface area contributed by atoms with Crippen LogP contribution in [0.1, 0.15) is 32.6 Å². The van der Waals surface area contributed by atoms with Crippen LogP contribution in [0.3, 0.4) is 0 Å². The number of hydrogen-bond acceptors (Lipinski definition) is 4. The van der Waals surface area contributed by atoms with Crippen molar-refractivity contribution >= 4 is 17.7 Å². The number of aromatic amines is 1. The first-order valence-corrected chi connectivity index (χ1v) is 8.66. The fourth-order valence-corrected chi connectivity index (χ4v) is 3.41. The molecule has 1 aromatic carbocycles. The summed E-state index contributed by atoms with van der Waals surface area (Å²) in [6.45, 7) is 1.83. The van der Waals surface area contributed by atoms with Gasteiger partial charge in [0, 0.05) is 6.04 Å². The van der Waals surface area contributed by atoms with E-state index in [1.165, 1.54) is 30.7 Å². The van der Waals surface area contributed by atoms with Crippen molar-refractivity contribution in [2.24, 2.45) is 0 Å². The molecule has 0 unspecified atom stereocenters. The van der Waals surface area contributed by atoms with Gasteiger partial charge in [0.2, 0.25) is 11.1 Å². The molecule has 122 valence electrons. The molecule has 2 N–H and O–H groups in total. The molecule has 2 aromatic rings. The maximum Gasteiger partial charge on any atom is 0.233 e. The van der Waals surface area contributed by atoms with E-state index in [-0.39, 0.29) is 17.0 Å². The van der Waals surface area contributed by atoms with Gasteiger partial charge in [0.05, 0.1) is 10.8 Å². The quantitative estimate of drug-likeness (QED) is 0.824. The third-order valence-corrected chi connectivity index (χ3v) is 4.91. The van der Waals surface area contributed by atoms with Gasteiger partial charge in [-0.25, -0.2) is 9.37 Å². The van der Waals surface area contributed by atoms with Crippen molar-refractivity contribution in [1.29, 1.82) is 0 Å². The lowest BCUT2D eigenvalue weighted by Gasteiger charge is -2.15. The molecule has 0 spiro atoms. The summed E-state index contributed by atoms with van der Waals surface area (Å²) in [6.07, 6.45) is 4.47. The molecule has 1 saturated carbocycles. The zero-order valence-electron chi connectivity index (χ0n) is 12.9. The summed E-state index contributed by atoms with van der Waals surface area (Å²) >= 11 is 1.27. The zero-order valence-corrected chi connectivity index (χ0v) is 13.7. The number of thioether (sulfide) groups is 1. The summed E-state index contributed by atoms with van der Waals surface area (Å²) < 4.78 is 13.7. The summed E-state index contributed by atoms with van der Waals surface area (Å²) in [5.41, 5.74) is 0.370. The van der Waals surface area contributed by atoms with E-state index >= 15 is 0 Å². The number of hydrogen-bond donors (Lipinski definition) is 2. The predicted molar refractivity (Wildman–Crippen MR) is 87.5 cm³/mol. The largest absolute Gasteiger partial charge is 0.352 e. The molecule has 1 atom stereocenters. The Hall–Kier alpha value is -1.89. The third kappa shape index (κ3) is 3.90. The number of amides is 1. The molecular formula is C16H19FN4OS. The Balaban J connectivity index is 1.62. The Kier molecular flexibility index (Phi) is 4.95. The molecule has 1 aromatic heterocycles. The van der Waals surface area contributed by atoms with Crippen molar-refractivity contribution in [2.45, 2.75) is 49.1 Å². The van der Waals surface area contributed by atoms with Crippen molar-refractivity contribution in [3.8, 4) is 11.4 Å². The molecule has 5 nitrogen and oxygen atoms in total. The maximum absolute atomic E-state index is 13.7. The minimum absolute atomic E-state index is 0.000795. The molecule has 7 heteroatoms. The Bertz CT molecular complexity index is 684. The summed E-state index contributed by atoms with van der Waals surface area (Å²) in [5, 5.41) is 10.0. The fraction of sp³-hybridized carbons (Fsp3) is 0.438. The van der Waals surface area contributed by atoms with Crippen molar-refractivity contribution in [2.75, 3.05) is 0 Å². The molecular weight excluding hydrogens is 315 g/mol. The van der Waals surface area contributed by atoms with Gasteiger partial charge in [0.15, 0.2) is 5.82 Å². The number of benzene rings is 1. The Morgan fingerprint density at radius 2 is 2.13 bits per heavy atom. The van der Waals surface area contributed by atoms with E-state index in [0.29, 0.717) is 22.6 Å². The van der Waals surface area contributed by atoms with E-state index < -0.39 is 0 Å². The fourth-order valence-electron chi connectivity index (χ4n) is 2.67. The number of rotatable bonds is 5. The van der Waals surface area contributed by atoms with E-state index in [1.807, 2.05) is 6.92 Å². The highest BCUT2D eigenvalue weighted by atomic mass is 32.2. The average molecular weight is 334 g/mol. The second-order valence-corrected chi connectivity index (χ2v) is 7.00. The van der Waals surface area contributed by atoms with Gasteiger partial charge in [-0.05, 0) is 31.9 Å². The van der Waals surface area contributed by atoms with E-state index in [2.05, 4.69) is 20.5 Å². The molecule has 1 aliphatic rings. The smallest absolute Gasteiger partial charge is 0.233 e. The molecule has 1 fully saturated rings. The van der Waals surface area contributed by atoms with Crippen LogP contribution < -0.4 is 5.32 Å². The number of halogens is 1. The van der Waals surface area contributed by atoms with Gasteiger partial charge >= 0.3 is 0 Å². The molecule has 0 bridgehead atoms. The minimum Gasteiger partial charge on any atom is -0.352 e. The lowest BCUT2D eigenvalue weighted by atomic mass is 10.2. The van der Waals surface area contributed by atoms with Crippen LogP contribution in [0.15, 0.2) is 29.4 Å². The van der Waals surface area contributed by atoms with Gasteiger partial charge in [-0.3, -0.25) is 9.89 Å². The molecule has 0 aliphatic heterocycles. The highest BCUT2D eigenvalue weighted by molar-refractivity contribution is 8.00. The molecule has 3 rings (SSSR count). The molecule has 1 amide bonds. The standard InChI is InChI=1S/C16H19FN4OS/c1-10(15(22)18-11-6-2-3-7-11)23-16-19-14(20-21-16)12-8-4-5-9-13(12)17/h4-5,8-11H,2-3,6-7H2,1H3,(H,18,22)(H,19,20,21)/t10-/m0/s1. The van der Waals surface area contributed by atoms with Gasteiger partial charge in [0.25, 0.3) is 0 Å². The first kappa shape index (κ1) is 16.0. The monoisotopic (exact) mass is 334 g/mol. The lowest BCUT2D eigenvalue weighted by Crippen LogP contribution is -2.37.